The molecular weight excluding hydrogens is 202 g/mol. The Morgan fingerprint density at radius 2 is 2.12 bits per heavy atom. The van der Waals surface area contributed by atoms with Crippen LogP contribution >= 0.6 is 0 Å². The molecule has 94 valence electrons. The average Bonchev–Trinajstić information content (AvgIpc) is 2.13. The Morgan fingerprint density at radius 3 is 2.56 bits per heavy atom. The largest absolute Gasteiger partial charge is 0.480 e. The van der Waals surface area contributed by atoms with Gasteiger partial charge >= 0.3 is 5.97 Å². The molecule has 0 radical (unpaired) electrons. The zero-order chi connectivity index (χ0) is 12.3. The van der Waals surface area contributed by atoms with Gasteiger partial charge in [0.15, 0.2) is 0 Å². The van der Waals surface area contributed by atoms with Gasteiger partial charge in [-0.2, -0.15) is 0 Å². The van der Waals surface area contributed by atoms with E-state index in [2.05, 4.69) is 32.6 Å². The quantitative estimate of drug-likeness (QED) is 0.802. The smallest absolute Gasteiger partial charge is 0.317 e. The van der Waals surface area contributed by atoms with Crippen LogP contribution in [0.5, 0.6) is 0 Å². The summed E-state index contributed by atoms with van der Waals surface area (Å²) in [5, 5.41) is 8.89. The molecule has 0 aliphatic heterocycles. The van der Waals surface area contributed by atoms with Crippen molar-refractivity contribution in [1.29, 1.82) is 0 Å². The van der Waals surface area contributed by atoms with Gasteiger partial charge in [0.25, 0.3) is 0 Å². The van der Waals surface area contributed by atoms with E-state index < -0.39 is 5.97 Å². The number of carboxylic acid groups (broad SMARTS) is 1. The lowest BCUT2D eigenvalue weighted by Gasteiger charge is -2.43. The number of rotatable bonds is 4. The third-order valence-corrected chi connectivity index (χ3v) is 3.86. The van der Waals surface area contributed by atoms with E-state index in [4.69, 9.17) is 5.11 Å². The molecule has 0 saturated heterocycles. The van der Waals surface area contributed by atoms with Crippen LogP contribution in [-0.2, 0) is 4.79 Å². The van der Waals surface area contributed by atoms with Crippen molar-refractivity contribution in [3.63, 3.8) is 0 Å². The summed E-state index contributed by atoms with van der Waals surface area (Å²) in [5.41, 5.74) is 0.429. The first-order valence-electron chi connectivity index (χ1n) is 6.31. The number of carbonyl (C=O) groups is 1. The molecule has 1 saturated carbocycles. The predicted molar refractivity (Wildman–Crippen MR) is 65.5 cm³/mol. The first-order valence-corrected chi connectivity index (χ1v) is 6.31. The zero-order valence-electron chi connectivity index (χ0n) is 11.0. The van der Waals surface area contributed by atoms with Crippen LogP contribution in [0.2, 0.25) is 0 Å². The Hall–Kier alpha value is -0.570. The highest BCUT2D eigenvalue weighted by atomic mass is 16.4. The number of likely N-dealkylation sites (N-methyl/N-ethyl adjacent to an activating group) is 1. The van der Waals surface area contributed by atoms with Crippen molar-refractivity contribution < 1.29 is 9.90 Å². The van der Waals surface area contributed by atoms with Crippen LogP contribution in [0.1, 0.15) is 47.0 Å². The lowest BCUT2D eigenvalue weighted by molar-refractivity contribution is -0.139. The molecule has 16 heavy (non-hydrogen) atoms. The van der Waals surface area contributed by atoms with Gasteiger partial charge in [-0.1, -0.05) is 27.7 Å². The Kier molecular flexibility index (Phi) is 4.36. The molecule has 1 aliphatic carbocycles. The van der Waals surface area contributed by atoms with E-state index >= 15 is 0 Å². The van der Waals surface area contributed by atoms with Crippen LogP contribution < -0.4 is 0 Å². The van der Waals surface area contributed by atoms with Crippen molar-refractivity contribution in [3.05, 3.63) is 0 Å². The predicted octanol–water partition coefficient (Wildman–Crippen LogP) is 2.61. The van der Waals surface area contributed by atoms with Gasteiger partial charge in [0.05, 0.1) is 6.54 Å². The highest BCUT2D eigenvalue weighted by Gasteiger charge is 2.35. The normalized spacial score (nSPS) is 29.3. The van der Waals surface area contributed by atoms with E-state index in [1.165, 1.54) is 12.8 Å². The molecule has 1 aliphatic rings. The van der Waals surface area contributed by atoms with Crippen LogP contribution in [0.3, 0.4) is 0 Å². The molecule has 1 fully saturated rings. The van der Waals surface area contributed by atoms with Crippen molar-refractivity contribution in [2.45, 2.75) is 53.0 Å². The third kappa shape index (κ3) is 3.48. The molecule has 3 heteroatoms. The van der Waals surface area contributed by atoms with Gasteiger partial charge in [-0.15, -0.1) is 0 Å². The van der Waals surface area contributed by atoms with E-state index in [-0.39, 0.29) is 6.54 Å². The minimum Gasteiger partial charge on any atom is -0.480 e. The topological polar surface area (TPSA) is 40.5 Å². The summed E-state index contributed by atoms with van der Waals surface area (Å²) < 4.78 is 0. The Bertz CT molecular complexity index is 250. The SMILES string of the molecule is CCN(CC(=O)O)C1CCC(C)(C)CC1C. The summed E-state index contributed by atoms with van der Waals surface area (Å²) in [7, 11) is 0. The van der Waals surface area contributed by atoms with Crippen LogP contribution in [0.15, 0.2) is 0 Å². The maximum absolute atomic E-state index is 10.8. The van der Waals surface area contributed by atoms with Crippen LogP contribution in [0, 0.1) is 11.3 Å². The van der Waals surface area contributed by atoms with Crippen LogP contribution in [0.4, 0.5) is 0 Å². The average molecular weight is 227 g/mol. The monoisotopic (exact) mass is 227 g/mol. The first kappa shape index (κ1) is 13.5. The first-order chi connectivity index (χ1) is 7.35. The van der Waals surface area contributed by atoms with Crippen molar-refractivity contribution in [2.75, 3.05) is 13.1 Å². The summed E-state index contributed by atoms with van der Waals surface area (Å²) in [6.07, 6.45) is 3.54. The van der Waals surface area contributed by atoms with Gasteiger partial charge in [0.2, 0.25) is 0 Å². The summed E-state index contributed by atoms with van der Waals surface area (Å²) in [5.74, 6) is -0.109. The molecule has 0 spiro atoms. The molecule has 0 aromatic rings. The molecule has 0 aromatic carbocycles. The fourth-order valence-electron chi connectivity index (χ4n) is 3.11. The molecule has 2 atom stereocenters. The molecule has 0 heterocycles. The van der Waals surface area contributed by atoms with Crippen molar-refractivity contribution in [2.24, 2.45) is 11.3 Å². The highest BCUT2D eigenvalue weighted by molar-refractivity contribution is 5.69. The lowest BCUT2D eigenvalue weighted by atomic mass is 9.70. The van der Waals surface area contributed by atoms with E-state index in [1.54, 1.807) is 0 Å². The van der Waals surface area contributed by atoms with Crippen molar-refractivity contribution in [1.82, 2.24) is 4.90 Å². The molecular formula is C13H25NO2. The van der Waals surface area contributed by atoms with E-state index in [0.29, 0.717) is 17.4 Å². The second kappa shape index (κ2) is 5.17. The molecule has 1 N–H and O–H groups in total. The lowest BCUT2D eigenvalue weighted by Crippen LogP contribution is -2.46. The molecule has 3 nitrogen and oxygen atoms in total. The summed E-state index contributed by atoms with van der Waals surface area (Å²) in [6, 6.07) is 0.453. The highest BCUT2D eigenvalue weighted by Crippen LogP contribution is 2.40. The second-order valence-corrected chi connectivity index (χ2v) is 5.91. The number of hydrogen-bond acceptors (Lipinski definition) is 2. The van der Waals surface area contributed by atoms with Gasteiger partial charge in [-0.05, 0) is 37.1 Å². The molecule has 1 rings (SSSR count). The Balaban J connectivity index is 2.62. The number of hydrogen-bond donors (Lipinski definition) is 1. The van der Waals surface area contributed by atoms with Gasteiger partial charge in [0.1, 0.15) is 0 Å². The third-order valence-electron chi connectivity index (χ3n) is 3.86. The summed E-state index contributed by atoms with van der Waals surface area (Å²) in [6.45, 7) is 9.96. The number of aliphatic carboxylic acids is 1. The van der Waals surface area contributed by atoms with Gasteiger partial charge in [-0.3, -0.25) is 9.69 Å². The Morgan fingerprint density at radius 1 is 1.50 bits per heavy atom. The van der Waals surface area contributed by atoms with Gasteiger partial charge < -0.3 is 5.11 Å². The Labute approximate surface area is 98.8 Å². The van der Waals surface area contributed by atoms with Crippen molar-refractivity contribution >= 4 is 5.97 Å². The molecule has 0 aromatic heterocycles. The standard InChI is InChI=1S/C13H25NO2/c1-5-14(9-12(15)16)11-6-7-13(3,4)8-10(11)2/h10-11H,5-9H2,1-4H3,(H,15,16). The molecule has 0 amide bonds. The minimum atomic E-state index is -0.709. The summed E-state index contributed by atoms with van der Waals surface area (Å²) in [4.78, 5) is 12.9. The number of carboxylic acids is 1. The van der Waals surface area contributed by atoms with Gasteiger partial charge in [-0.25, -0.2) is 0 Å². The van der Waals surface area contributed by atoms with Crippen LogP contribution in [-0.4, -0.2) is 35.1 Å². The van der Waals surface area contributed by atoms with E-state index in [0.717, 1.165) is 13.0 Å². The maximum atomic E-state index is 10.8. The fraction of sp³-hybridized carbons (Fsp3) is 0.923. The van der Waals surface area contributed by atoms with E-state index in [1.807, 2.05) is 0 Å². The van der Waals surface area contributed by atoms with Crippen LogP contribution in [0.25, 0.3) is 0 Å². The molecule has 0 bridgehead atoms. The fourth-order valence-corrected chi connectivity index (χ4v) is 3.11. The molecule has 2 unspecified atom stereocenters. The zero-order valence-corrected chi connectivity index (χ0v) is 11.0. The second-order valence-electron chi connectivity index (χ2n) is 5.91. The maximum Gasteiger partial charge on any atom is 0.317 e. The summed E-state index contributed by atoms with van der Waals surface area (Å²) >= 11 is 0. The number of nitrogens with zero attached hydrogens (tertiary/aromatic N) is 1. The van der Waals surface area contributed by atoms with Crippen molar-refractivity contribution in [3.8, 4) is 0 Å². The minimum absolute atomic E-state index is 0.186. The van der Waals surface area contributed by atoms with E-state index in [9.17, 15) is 4.79 Å². The van der Waals surface area contributed by atoms with Gasteiger partial charge in [0, 0.05) is 6.04 Å².